The molecule has 0 amide bonds. The van der Waals surface area contributed by atoms with Gasteiger partial charge in [0.25, 0.3) is 0 Å². The van der Waals surface area contributed by atoms with Crippen LogP contribution in [0.4, 0.5) is 5.82 Å². The molecule has 5 nitrogen and oxygen atoms in total. The molecule has 3 heterocycles. The Morgan fingerprint density at radius 3 is 2.51 bits per heavy atom. The molecular formula is C28H29Cl2N5. The van der Waals surface area contributed by atoms with E-state index in [9.17, 15) is 0 Å². The van der Waals surface area contributed by atoms with Crippen LogP contribution in [-0.4, -0.2) is 33.3 Å². The van der Waals surface area contributed by atoms with Gasteiger partial charge in [-0.15, -0.1) is 0 Å². The van der Waals surface area contributed by atoms with E-state index in [2.05, 4.69) is 60.5 Å². The minimum absolute atomic E-state index is 0.234. The largest absolute Gasteiger partial charge is 0.325 e. The van der Waals surface area contributed by atoms with Crippen LogP contribution in [0.15, 0.2) is 65.2 Å². The average molecular weight is 506 g/mol. The smallest absolute Gasteiger partial charge is 0.138 e. The number of rotatable bonds is 6. The maximum Gasteiger partial charge on any atom is 0.138 e. The van der Waals surface area contributed by atoms with Crippen molar-refractivity contribution in [1.29, 1.82) is 0 Å². The Balaban J connectivity index is 1.47. The molecule has 2 aliphatic heterocycles. The summed E-state index contributed by atoms with van der Waals surface area (Å²) in [5.74, 6) is 2.41. The summed E-state index contributed by atoms with van der Waals surface area (Å²) in [5.41, 5.74) is 5.64. The van der Waals surface area contributed by atoms with Crippen LogP contribution in [0.5, 0.6) is 0 Å². The highest BCUT2D eigenvalue weighted by molar-refractivity contribution is 6.36. The molecule has 2 aromatic carbocycles. The third kappa shape index (κ3) is 5.43. The summed E-state index contributed by atoms with van der Waals surface area (Å²) in [6, 6.07) is 16.4. The Morgan fingerprint density at radius 2 is 1.80 bits per heavy atom. The SMILES string of the molecule is CCC1N=C(Nc2nc(Cc3c(Cl)cccc3Cl)nc3c2CCN(Cc2ccccc2)C3)C=C1C. The van der Waals surface area contributed by atoms with Crippen molar-refractivity contribution in [3.8, 4) is 0 Å². The molecule has 0 radical (unpaired) electrons. The predicted molar refractivity (Wildman–Crippen MR) is 144 cm³/mol. The van der Waals surface area contributed by atoms with Crippen molar-refractivity contribution in [2.45, 2.75) is 52.2 Å². The first-order valence-corrected chi connectivity index (χ1v) is 12.9. The third-order valence-corrected chi connectivity index (χ3v) is 7.36. The van der Waals surface area contributed by atoms with E-state index >= 15 is 0 Å². The molecule has 2 aliphatic rings. The highest BCUT2D eigenvalue weighted by Crippen LogP contribution is 2.30. The van der Waals surface area contributed by atoms with E-state index in [4.69, 9.17) is 38.2 Å². The molecule has 0 spiro atoms. The van der Waals surface area contributed by atoms with E-state index < -0.39 is 0 Å². The summed E-state index contributed by atoms with van der Waals surface area (Å²) in [7, 11) is 0. The van der Waals surface area contributed by atoms with E-state index in [0.29, 0.717) is 22.3 Å². The summed E-state index contributed by atoms with van der Waals surface area (Å²) in [5, 5.41) is 4.78. The number of nitrogens with zero attached hydrogens (tertiary/aromatic N) is 4. The van der Waals surface area contributed by atoms with Crippen molar-refractivity contribution < 1.29 is 0 Å². The zero-order valence-corrected chi connectivity index (χ0v) is 21.6. The maximum atomic E-state index is 6.47. The van der Waals surface area contributed by atoms with Gasteiger partial charge in [-0.25, -0.2) is 9.97 Å². The standard InChI is InChI=1S/C28H29Cl2N5/c1-3-24-18(2)14-26(31-24)33-28-20-12-13-35(16-19-8-5-4-6-9-19)17-25(20)32-27(34-28)15-21-22(29)10-7-11-23(21)30/h4-11,14,24H,3,12-13,15-17H2,1-2H3,(H,31,32,33,34). The lowest BCUT2D eigenvalue weighted by molar-refractivity contribution is 0.241. The highest BCUT2D eigenvalue weighted by Gasteiger charge is 2.25. The first-order valence-electron chi connectivity index (χ1n) is 12.1. The van der Waals surface area contributed by atoms with E-state index in [1.165, 1.54) is 11.1 Å². The maximum absolute atomic E-state index is 6.47. The quantitative estimate of drug-likeness (QED) is 0.416. The summed E-state index contributed by atoms with van der Waals surface area (Å²) in [6.07, 6.45) is 4.46. The molecule has 5 rings (SSSR count). The van der Waals surface area contributed by atoms with Gasteiger partial charge in [-0.1, -0.05) is 66.5 Å². The fourth-order valence-electron chi connectivity index (χ4n) is 4.78. The molecule has 7 heteroatoms. The van der Waals surface area contributed by atoms with E-state index in [0.717, 1.165) is 61.0 Å². The second-order valence-electron chi connectivity index (χ2n) is 9.19. The van der Waals surface area contributed by atoms with Crippen LogP contribution in [-0.2, 0) is 25.9 Å². The molecule has 180 valence electrons. The number of nitrogens with one attached hydrogen (secondary N) is 1. The van der Waals surface area contributed by atoms with Gasteiger partial charge in [0.1, 0.15) is 17.5 Å². The van der Waals surface area contributed by atoms with Crippen molar-refractivity contribution in [1.82, 2.24) is 14.9 Å². The minimum Gasteiger partial charge on any atom is -0.325 e. The highest BCUT2D eigenvalue weighted by atomic mass is 35.5. The van der Waals surface area contributed by atoms with Gasteiger partial charge in [0, 0.05) is 41.7 Å². The molecule has 0 saturated heterocycles. The van der Waals surface area contributed by atoms with Gasteiger partial charge in [0.15, 0.2) is 0 Å². The number of aliphatic imine (C=N–C) groups is 1. The van der Waals surface area contributed by atoms with E-state index in [1.54, 1.807) is 0 Å². The van der Waals surface area contributed by atoms with Crippen molar-refractivity contribution in [3.05, 3.63) is 98.4 Å². The number of hydrogen-bond donors (Lipinski definition) is 1. The summed E-state index contributed by atoms with van der Waals surface area (Å²) in [4.78, 5) is 17.2. The van der Waals surface area contributed by atoms with Crippen molar-refractivity contribution >= 4 is 34.9 Å². The first kappa shape index (κ1) is 24.0. The van der Waals surface area contributed by atoms with Crippen molar-refractivity contribution in [2.75, 3.05) is 11.9 Å². The predicted octanol–water partition coefficient (Wildman–Crippen LogP) is 6.48. The Hall–Kier alpha value is -2.73. The van der Waals surface area contributed by atoms with Crippen LogP contribution in [0.1, 0.15) is 48.5 Å². The normalized spacial score (nSPS) is 17.7. The van der Waals surface area contributed by atoms with Gasteiger partial charge in [-0.05, 0) is 54.7 Å². The monoisotopic (exact) mass is 505 g/mol. The third-order valence-electron chi connectivity index (χ3n) is 6.65. The second-order valence-corrected chi connectivity index (χ2v) is 10.0. The Morgan fingerprint density at radius 1 is 1.03 bits per heavy atom. The Kier molecular flexibility index (Phi) is 7.19. The molecule has 0 fully saturated rings. The van der Waals surface area contributed by atoms with E-state index in [1.807, 2.05) is 18.2 Å². The topological polar surface area (TPSA) is 53.4 Å². The number of benzene rings is 2. The molecule has 1 aromatic heterocycles. The van der Waals surface area contributed by atoms with Gasteiger partial charge >= 0.3 is 0 Å². The van der Waals surface area contributed by atoms with Gasteiger partial charge in [-0.2, -0.15) is 0 Å². The molecule has 0 aliphatic carbocycles. The molecule has 1 unspecified atom stereocenters. The van der Waals surface area contributed by atoms with Crippen LogP contribution in [0.25, 0.3) is 0 Å². The van der Waals surface area contributed by atoms with Crippen molar-refractivity contribution in [2.24, 2.45) is 4.99 Å². The van der Waals surface area contributed by atoms with Gasteiger partial charge in [0.05, 0.1) is 11.7 Å². The fourth-order valence-corrected chi connectivity index (χ4v) is 5.31. The number of anilines is 1. The molecular weight excluding hydrogens is 477 g/mol. The second kappa shape index (κ2) is 10.5. The zero-order chi connectivity index (χ0) is 24.4. The molecule has 0 saturated carbocycles. The van der Waals surface area contributed by atoms with Crippen LogP contribution in [0, 0.1) is 0 Å². The molecule has 35 heavy (non-hydrogen) atoms. The number of fused-ring (bicyclic) bond motifs is 1. The molecule has 3 aromatic rings. The van der Waals surface area contributed by atoms with Crippen LogP contribution < -0.4 is 5.32 Å². The lowest BCUT2D eigenvalue weighted by Gasteiger charge is -2.29. The summed E-state index contributed by atoms with van der Waals surface area (Å²) in [6.45, 7) is 6.91. The fraction of sp³-hybridized carbons (Fsp3) is 0.321. The number of halogens is 2. The lowest BCUT2D eigenvalue weighted by atomic mass is 10.0. The Bertz CT molecular complexity index is 1270. The van der Waals surface area contributed by atoms with Crippen molar-refractivity contribution in [3.63, 3.8) is 0 Å². The lowest BCUT2D eigenvalue weighted by Crippen LogP contribution is -2.32. The number of hydrogen-bond acceptors (Lipinski definition) is 5. The number of aromatic nitrogens is 2. The minimum atomic E-state index is 0.234. The molecule has 1 atom stereocenters. The van der Waals surface area contributed by atoms with Gasteiger partial charge in [0.2, 0.25) is 0 Å². The number of amidine groups is 1. The van der Waals surface area contributed by atoms with Crippen LogP contribution in [0.3, 0.4) is 0 Å². The average Bonchev–Trinajstić information content (AvgIpc) is 3.21. The van der Waals surface area contributed by atoms with Gasteiger partial charge < -0.3 is 5.32 Å². The van der Waals surface area contributed by atoms with Crippen LogP contribution >= 0.6 is 23.2 Å². The first-order chi connectivity index (χ1) is 17.0. The van der Waals surface area contributed by atoms with Crippen LogP contribution in [0.2, 0.25) is 10.0 Å². The van der Waals surface area contributed by atoms with E-state index in [-0.39, 0.29) is 6.04 Å². The summed E-state index contributed by atoms with van der Waals surface area (Å²) < 4.78 is 0. The Labute approximate surface area is 216 Å². The summed E-state index contributed by atoms with van der Waals surface area (Å²) >= 11 is 12.9. The zero-order valence-electron chi connectivity index (χ0n) is 20.1. The van der Waals surface area contributed by atoms with Gasteiger partial charge in [-0.3, -0.25) is 9.89 Å². The molecule has 1 N–H and O–H groups in total. The molecule has 0 bridgehead atoms.